The second-order valence-electron chi connectivity index (χ2n) is 5.32. The molecule has 0 atom stereocenters. The summed E-state index contributed by atoms with van der Waals surface area (Å²) in [5.41, 5.74) is 4.04. The van der Waals surface area contributed by atoms with Crippen LogP contribution in [0.15, 0.2) is 54.6 Å². The molecule has 0 aliphatic carbocycles. The van der Waals surface area contributed by atoms with Gasteiger partial charge in [-0.2, -0.15) is 0 Å². The zero-order valence-corrected chi connectivity index (χ0v) is 12.8. The molecule has 0 aromatic heterocycles. The first kappa shape index (κ1) is 15.7. The summed E-state index contributed by atoms with van der Waals surface area (Å²) < 4.78 is 5.23. The van der Waals surface area contributed by atoms with Gasteiger partial charge in [-0.25, -0.2) is 0 Å². The summed E-state index contributed by atoms with van der Waals surface area (Å²) in [6, 6.07) is 19.2. The van der Waals surface area contributed by atoms with Crippen molar-refractivity contribution in [3.05, 3.63) is 71.3 Å². The quantitative estimate of drug-likeness (QED) is 0.704. The van der Waals surface area contributed by atoms with Crippen molar-refractivity contribution in [1.82, 2.24) is 5.32 Å². The molecule has 0 radical (unpaired) electrons. The molecule has 0 saturated heterocycles. The fraction of sp³-hybridized carbons (Fsp3) is 0.368. The first-order valence-corrected chi connectivity index (χ1v) is 7.70. The number of nitrogens with one attached hydrogen (secondary N) is 1. The Labute approximate surface area is 128 Å². The third-order valence-electron chi connectivity index (χ3n) is 3.65. The van der Waals surface area contributed by atoms with Gasteiger partial charge in [-0.1, -0.05) is 54.6 Å². The van der Waals surface area contributed by atoms with Crippen molar-refractivity contribution in [2.75, 3.05) is 13.7 Å². The lowest BCUT2D eigenvalue weighted by Crippen LogP contribution is -2.16. The number of hydrogen-bond donors (Lipinski definition) is 1. The molecular formula is C19H25NO. The van der Waals surface area contributed by atoms with Crippen molar-refractivity contribution in [3.63, 3.8) is 0 Å². The summed E-state index contributed by atoms with van der Waals surface area (Å²) in [4.78, 5) is 0. The lowest BCUT2D eigenvalue weighted by atomic mass is 10.1. The molecule has 2 nitrogen and oxygen atoms in total. The van der Waals surface area contributed by atoms with Gasteiger partial charge in [0, 0.05) is 13.7 Å². The minimum Gasteiger partial charge on any atom is -0.380 e. The lowest BCUT2D eigenvalue weighted by molar-refractivity contribution is 0.184. The first-order chi connectivity index (χ1) is 10.4. The maximum atomic E-state index is 5.23. The Balaban J connectivity index is 1.64. The van der Waals surface area contributed by atoms with Crippen LogP contribution in [0.2, 0.25) is 0 Å². The Kier molecular flexibility index (Phi) is 6.99. The van der Waals surface area contributed by atoms with Crippen molar-refractivity contribution in [1.29, 1.82) is 0 Å². The monoisotopic (exact) mass is 283 g/mol. The van der Waals surface area contributed by atoms with Gasteiger partial charge < -0.3 is 10.1 Å². The number of hydrogen-bond acceptors (Lipinski definition) is 2. The highest BCUT2D eigenvalue weighted by molar-refractivity contribution is 5.26. The van der Waals surface area contributed by atoms with Crippen LogP contribution in [-0.4, -0.2) is 13.7 Å². The smallest absolute Gasteiger partial charge is 0.0716 e. The van der Waals surface area contributed by atoms with E-state index >= 15 is 0 Å². The van der Waals surface area contributed by atoms with Crippen LogP contribution in [0.1, 0.15) is 29.5 Å². The summed E-state index contributed by atoms with van der Waals surface area (Å²) in [7, 11) is 1.74. The second-order valence-corrected chi connectivity index (χ2v) is 5.32. The van der Waals surface area contributed by atoms with Crippen LogP contribution in [0.4, 0.5) is 0 Å². The van der Waals surface area contributed by atoms with Gasteiger partial charge in [-0.3, -0.25) is 0 Å². The molecule has 0 fully saturated rings. The SMILES string of the molecule is COCc1ccccc1CNCCCCc1ccccc1. The van der Waals surface area contributed by atoms with Crippen molar-refractivity contribution in [2.24, 2.45) is 0 Å². The second kappa shape index (κ2) is 9.32. The van der Waals surface area contributed by atoms with Crippen molar-refractivity contribution in [2.45, 2.75) is 32.4 Å². The van der Waals surface area contributed by atoms with Crippen LogP contribution in [0.25, 0.3) is 0 Å². The summed E-state index contributed by atoms with van der Waals surface area (Å²) in [6.45, 7) is 2.67. The van der Waals surface area contributed by atoms with E-state index in [2.05, 4.69) is 59.9 Å². The molecule has 0 spiro atoms. The summed E-state index contributed by atoms with van der Waals surface area (Å²) >= 11 is 0. The van der Waals surface area contributed by atoms with Crippen LogP contribution in [0.3, 0.4) is 0 Å². The molecule has 0 aliphatic rings. The Morgan fingerprint density at radius 1 is 0.857 bits per heavy atom. The van der Waals surface area contributed by atoms with Crippen LogP contribution < -0.4 is 5.32 Å². The van der Waals surface area contributed by atoms with Crippen LogP contribution in [-0.2, 0) is 24.3 Å². The number of rotatable bonds is 9. The molecule has 2 aromatic rings. The highest BCUT2D eigenvalue weighted by atomic mass is 16.5. The molecular weight excluding hydrogens is 258 g/mol. The van der Waals surface area contributed by atoms with E-state index in [9.17, 15) is 0 Å². The van der Waals surface area contributed by atoms with Crippen LogP contribution >= 0.6 is 0 Å². The van der Waals surface area contributed by atoms with Gasteiger partial charge in [0.1, 0.15) is 0 Å². The van der Waals surface area contributed by atoms with E-state index in [1.807, 2.05) is 0 Å². The standard InChI is InChI=1S/C19H25NO/c1-21-16-19-13-6-5-12-18(19)15-20-14-8-7-11-17-9-3-2-4-10-17/h2-6,9-10,12-13,20H,7-8,11,14-16H2,1H3. The van der Waals surface area contributed by atoms with E-state index in [-0.39, 0.29) is 0 Å². The Morgan fingerprint density at radius 2 is 1.57 bits per heavy atom. The molecule has 2 rings (SSSR count). The molecule has 21 heavy (non-hydrogen) atoms. The third-order valence-corrected chi connectivity index (χ3v) is 3.65. The summed E-state index contributed by atoms with van der Waals surface area (Å²) in [6.07, 6.45) is 3.61. The fourth-order valence-electron chi connectivity index (χ4n) is 2.47. The summed E-state index contributed by atoms with van der Waals surface area (Å²) in [5, 5.41) is 3.53. The molecule has 112 valence electrons. The normalized spacial score (nSPS) is 10.7. The van der Waals surface area contributed by atoms with E-state index in [1.54, 1.807) is 7.11 Å². The summed E-state index contributed by atoms with van der Waals surface area (Å²) in [5.74, 6) is 0. The number of benzene rings is 2. The first-order valence-electron chi connectivity index (χ1n) is 7.70. The molecule has 0 unspecified atom stereocenters. The van der Waals surface area contributed by atoms with Gasteiger partial charge in [0.15, 0.2) is 0 Å². The molecule has 0 aliphatic heterocycles. The number of unbranched alkanes of at least 4 members (excludes halogenated alkanes) is 1. The van der Waals surface area contributed by atoms with Gasteiger partial charge in [0.25, 0.3) is 0 Å². The fourth-order valence-corrected chi connectivity index (χ4v) is 2.47. The molecule has 0 bridgehead atoms. The number of aryl methyl sites for hydroxylation is 1. The van der Waals surface area contributed by atoms with Gasteiger partial charge in [0.05, 0.1) is 6.61 Å². The van der Waals surface area contributed by atoms with E-state index in [4.69, 9.17) is 4.74 Å². The van der Waals surface area contributed by atoms with Crippen molar-refractivity contribution >= 4 is 0 Å². The lowest BCUT2D eigenvalue weighted by Gasteiger charge is -2.10. The van der Waals surface area contributed by atoms with Crippen LogP contribution in [0, 0.1) is 0 Å². The zero-order valence-electron chi connectivity index (χ0n) is 12.8. The molecule has 0 heterocycles. The largest absolute Gasteiger partial charge is 0.380 e. The number of ether oxygens (including phenoxy) is 1. The number of methoxy groups -OCH3 is 1. The Bertz CT molecular complexity index is 510. The van der Waals surface area contributed by atoms with Gasteiger partial charge in [-0.15, -0.1) is 0 Å². The minimum absolute atomic E-state index is 0.686. The van der Waals surface area contributed by atoms with Crippen molar-refractivity contribution < 1.29 is 4.74 Å². The van der Waals surface area contributed by atoms with Gasteiger partial charge >= 0.3 is 0 Å². The highest BCUT2D eigenvalue weighted by Crippen LogP contribution is 2.09. The van der Waals surface area contributed by atoms with Gasteiger partial charge in [-0.05, 0) is 42.5 Å². The maximum Gasteiger partial charge on any atom is 0.0716 e. The Hall–Kier alpha value is -1.64. The van der Waals surface area contributed by atoms with E-state index in [1.165, 1.54) is 36.0 Å². The molecule has 2 heteroatoms. The maximum absolute atomic E-state index is 5.23. The molecule has 1 N–H and O–H groups in total. The van der Waals surface area contributed by atoms with Crippen LogP contribution in [0.5, 0.6) is 0 Å². The zero-order chi connectivity index (χ0) is 14.8. The Morgan fingerprint density at radius 3 is 2.33 bits per heavy atom. The highest BCUT2D eigenvalue weighted by Gasteiger charge is 2.00. The van der Waals surface area contributed by atoms with Gasteiger partial charge in [0.2, 0.25) is 0 Å². The van der Waals surface area contributed by atoms with E-state index in [0.29, 0.717) is 6.61 Å². The average Bonchev–Trinajstić information content (AvgIpc) is 2.53. The van der Waals surface area contributed by atoms with Crippen molar-refractivity contribution in [3.8, 4) is 0 Å². The molecule has 2 aromatic carbocycles. The van der Waals surface area contributed by atoms with E-state index < -0.39 is 0 Å². The topological polar surface area (TPSA) is 21.3 Å². The van der Waals surface area contributed by atoms with E-state index in [0.717, 1.165) is 13.1 Å². The minimum atomic E-state index is 0.686. The average molecular weight is 283 g/mol. The third kappa shape index (κ3) is 5.70. The predicted octanol–water partition coefficient (Wildman–Crippen LogP) is 3.95. The molecule has 0 amide bonds. The molecule has 0 saturated carbocycles. The predicted molar refractivity (Wildman–Crippen MR) is 88.2 cm³/mol.